The first-order valence-corrected chi connectivity index (χ1v) is 7.75. The Hall–Kier alpha value is -2.56. The zero-order chi connectivity index (χ0) is 16.2. The van der Waals surface area contributed by atoms with Crippen LogP contribution in [0.3, 0.4) is 0 Å². The number of hydrogen-bond donors (Lipinski definition) is 1. The zero-order valence-electron chi connectivity index (χ0n) is 13.1. The molecule has 1 aliphatic heterocycles. The highest BCUT2D eigenvalue weighted by atomic mass is 16.5. The lowest BCUT2D eigenvalue weighted by Crippen LogP contribution is -2.37. The summed E-state index contributed by atoms with van der Waals surface area (Å²) >= 11 is 0. The predicted molar refractivity (Wildman–Crippen MR) is 86.8 cm³/mol. The molecule has 0 atom stereocenters. The fourth-order valence-corrected chi connectivity index (χ4v) is 2.97. The van der Waals surface area contributed by atoms with Gasteiger partial charge >= 0.3 is 0 Å². The molecule has 120 valence electrons. The molecule has 0 spiro atoms. The molecule has 1 fully saturated rings. The van der Waals surface area contributed by atoms with Crippen LogP contribution in [0.2, 0.25) is 0 Å². The molecule has 3 rings (SSSR count). The van der Waals surface area contributed by atoms with Crippen molar-refractivity contribution in [1.82, 2.24) is 9.88 Å². The molecule has 1 aromatic carbocycles. The van der Waals surface area contributed by atoms with Gasteiger partial charge in [-0.1, -0.05) is 12.1 Å². The second-order valence-electron chi connectivity index (χ2n) is 5.75. The molecule has 5 heteroatoms. The van der Waals surface area contributed by atoms with Crippen LogP contribution in [-0.4, -0.2) is 41.1 Å². The van der Waals surface area contributed by atoms with Crippen molar-refractivity contribution in [2.75, 3.05) is 20.2 Å². The van der Waals surface area contributed by atoms with Crippen molar-refractivity contribution < 1.29 is 14.6 Å². The summed E-state index contributed by atoms with van der Waals surface area (Å²) in [6.45, 7) is 1.47. The van der Waals surface area contributed by atoms with Gasteiger partial charge in [-0.05, 0) is 42.5 Å². The molecule has 23 heavy (non-hydrogen) atoms. The highest BCUT2D eigenvalue weighted by Crippen LogP contribution is 2.29. The number of hydrogen-bond acceptors (Lipinski definition) is 4. The average molecular weight is 312 g/mol. The van der Waals surface area contributed by atoms with E-state index in [1.54, 1.807) is 37.6 Å². The summed E-state index contributed by atoms with van der Waals surface area (Å²) in [5, 5.41) is 9.37. The van der Waals surface area contributed by atoms with E-state index in [1.807, 2.05) is 17.0 Å². The van der Waals surface area contributed by atoms with Crippen LogP contribution in [-0.2, 0) is 0 Å². The zero-order valence-corrected chi connectivity index (χ0v) is 13.1. The minimum atomic E-state index is 0.0179. The first kappa shape index (κ1) is 15.3. The molecular formula is C18H20N2O3. The van der Waals surface area contributed by atoms with Gasteiger partial charge in [0.2, 0.25) is 5.88 Å². The number of carbonyl (C=O) groups excluding carboxylic acids is 1. The molecule has 1 aromatic heterocycles. The summed E-state index contributed by atoms with van der Waals surface area (Å²) in [6.07, 6.45) is 3.42. The van der Waals surface area contributed by atoms with Crippen LogP contribution in [0.5, 0.6) is 11.6 Å². The number of methoxy groups -OCH3 is 1. The van der Waals surface area contributed by atoms with Crippen molar-refractivity contribution in [2.24, 2.45) is 0 Å². The lowest BCUT2D eigenvalue weighted by molar-refractivity contribution is 0.0712. The van der Waals surface area contributed by atoms with E-state index >= 15 is 0 Å². The monoisotopic (exact) mass is 312 g/mol. The van der Waals surface area contributed by atoms with E-state index in [9.17, 15) is 9.90 Å². The molecule has 1 aliphatic rings. The molecule has 0 saturated carbocycles. The molecule has 2 heterocycles. The van der Waals surface area contributed by atoms with Gasteiger partial charge in [0.1, 0.15) is 5.75 Å². The number of aromatic nitrogens is 1. The number of pyridine rings is 1. The lowest BCUT2D eigenvalue weighted by atomic mass is 9.89. The number of piperidine rings is 1. The third-order valence-corrected chi connectivity index (χ3v) is 4.34. The second-order valence-corrected chi connectivity index (χ2v) is 5.75. The van der Waals surface area contributed by atoms with Crippen LogP contribution in [0.1, 0.15) is 34.7 Å². The maximum absolute atomic E-state index is 12.5. The van der Waals surface area contributed by atoms with Crippen LogP contribution < -0.4 is 4.74 Å². The van der Waals surface area contributed by atoms with Gasteiger partial charge in [-0.3, -0.25) is 4.79 Å². The SMILES string of the molecule is COc1ccc(C(=O)N2CCC(c3ccc(O)cc3)CC2)cn1. The summed E-state index contributed by atoms with van der Waals surface area (Å²) in [5.74, 6) is 1.25. The largest absolute Gasteiger partial charge is 0.508 e. The third-order valence-electron chi connectivity index (χ3n) is 4.34. The van der Waals surface area contributed by atoms with Crippen LogP contribution >= 0.6 is 0 Å². The van der Waals surface area contributed by atoms with Crippen LogP contribution in [0.25, 0.3) is 0 Å². The first-order chi connectivity index (χ1) is 11.2. The third kappa shape index (κ3) is 3.44. The minimum absolute atomic E-state index is 0.0179. The molecule has 0 radical (unpaired) electrons. The molecule has 0 bridgehead atoms. The highest BCUT2D eigenvalue weighted by molar-refractivity contribution is 5.94. The van der Waals surface area contributed by atoms with E-state index in [-0.39, 0.29) is 11.7 Å². The number of benzene rings is 1. The van der Waals surface area contributed by atoms with Crippen molar-refractivity contribution in [3.05, 3.63) is 53.7 Å². The molecule has 1 N–H and O–H groups in total. The summed E-state index contributed by atoms with van der Waals surface area (Å²) < 4.78 is 5.01. The lowest BCUT2D eigenvalue weighted by Gasteiger charge is -2.32. The molecule has 0 aliphatic carbocycles. The topological polar surface area (TPSA) is 62.7 Å². The van der Waals surface area contributed by atoms with Crippen LogP contribution in [0.15, 0.2) is 42.6 Å². The van der Waals surface area contributed by atoms with E-state index in [1.165, 1.54) is 5.56 Å². The van der Waals surface area contributed by atoms with Gasteiger partial charge in [0.15, 0.2) is 0 Å². The molecule has 0 unspecified atom stereocenters. The number of phenols is 1. The number of carbonyl (C=O) groups is 1. The van der Waals surface area contributed by atoms with Gasteiger partial charge < -0.3 is 14.7 Å². The Balaban J connectivity index is 1.61. The number of aromatic hydroxyl groups is 1. The number of amides is 1. The Morgan fingerprint density at radius 3 is 2.43 bits per heavy atom. The van der Waals surface area contributed by atoms with Gasteiger partial charge in [0.25, 0.3) is 5.91 Å². The Labute approximate surface area is 135 Å². The average Bonchev–Trinajstić information content (AvgIpc) is 2.62. The van der Waals surface area contributed by atoms with Gasteiger partial charge in [0, 0.05) is 25.4 Å². The van der Waals surface area contributed by atoms with E-state index in [0.29, 0.717) is 17.4 Å². The molecule has 2 aromatic rings. The predicted octanol–water partition coefficient (Wildman–Crippen LogP) is 2.82. The van der Waals surface area contributed by atoms with Crippen molar-refractivity contribution >= 4 is 5.91 Å². The van der Waals surface area contributed by atoms with Crippen molar-refractivity contribution in [1.29, 1.82) is 0 Å². The number of rotatable bonds is 3. The summed E-state index contributed by atoms with van der Waals surface area (Å²) in [6, 6.07) is 10.8. The van der Waals surface area contributed by atoms with E-state index in [4.69, 9.17) is 4.74 Å². The summed E-state index contributed by atoms with van der Waals surface area (Å²) in [5.41, 5.74) is 1.81. The minimum Gasteiger partial charge on any atom is -0.508 e. The fourth-order valence-electron chi connectivity index (χ4n) is 2.97. The maximum atomic E-state index is 12.5. The van der Waals surface area contributed by atoms with Crippen LogP contribution in [0, 0.1) is 0 Å². The molecule has 5 nitrogen and oxygen atoms in total. The van der Waals surface area contributed by atoms with Crippen molar-refractivity contribution in [3.63, 3.8) is 0 Å². The maximum Gasteiger partial charge on any atom is 0.255 e. The molecule has 1 saturated heterocycles. The van der Waals surface area contributed by atoms with E-state index in [0.717, 1.165) is 25.9 Å². The highest BCUT2D eigenvalue weighted by Gasteiger charge is 2.24. The number of phenolic OH excluding ortho intramolecular Hbond substituents is 1. The van der Waals surface area contributed by atoms with Crippen molar-refractivity contribution in [3.8, 4) is 11.6 Å². The van der Waals surface area contributed by atoms with Gasteiger partial charge in [-0.15, -0.1) is 0 Å². The van der Waals surface area contributed by atoms with Crippen LogP contribution in [0.4, 0.5) is 0 Å². The number of nitrogens with zero attached hydrogens (tertiary/aromatic N) is 2. The number of ether oxygens (including phenoxy) is 1. The standard InChI is InChI=1S/C18H20N2O3/c1-23-17-7-4-15(12-19-17)18(22)20-10-8-14(9-11-20)13-2-5-16(21)6-3-13/h2-7,12,14,21H,8-11H2,1H3. The van der Waals surface area contributed by atoms with Crippen molar-refractivity contribution in [2.45, 2.75) is 18.8 Å². The van der Waals surface area contributed by atoms with Gasteiger partial charge in [-0.25, -0.2) is 4.98 Å². The second kappa shape index (κ2) is 6.69. The summed E-state index contributed by atoms with van der Waals surface area (Å²) in [4.78, 5) is 18.5. The quantitative estimate of drug-likeness (QED) is 0.946. The molecule has 1 amide bonds. The van der Waals surface area contributed by atoms with Gasteiger partial charge in [-0.2, -0.15) is 0 Å². The Morgan fingerprint density at radius 2 is 1.87 bits per heavy atom. The van der Waals surface area contributed by atoms with Gasteiger partial charge in [0.05, 0.1) is 12.7 Å². The number of likely N-dealkylation sites (tertiary alicyclic amines) is 1. The first-order valence-electron chi connectivity index (χ1n) is 7.75. The smallest absolute Gasteiger partial charge is 0.255 e. The normalized spacial score (nSPS) is 15.4. The summed E-state index contributed by atoms with van der Waals surface area (Å²) in [7, 11) is 1.55. The Kier molecular flexibility index (Phi) is 4.46. The Morgan fingerprint density at radius 1 is 1.17 bits per heavy atom. The molecular weight excluding hydrogens is 292 g/mol. The van der Waals surface area contributed by atoms with E-state index < -0.39 is 0 Å². The van der Waals surface area contributed by atoms with E-state index in [2.05, 4.69) is 4.98 Å². The Bertz CT molecular complexity index is 660. The fraction of sp³-hybridized carbons (Fsp3) is 0.333.